The lowest BCUT2D eigenvalue weighted by Crippen LogP contribution is -2.39. The van der Waals surface area contributed by atoms with Crippen molar-refractivity contribution in [1.29, 1.82) is 0 Å². The van der Waals surface area contributed by atoms with Gasteiger partial charge in [0.25, 0.3) is 0 Å². The quantitative estimate of drug-likeness (QED) is 0.374. The Morgan fingerprint density at radius 2 is 1.93 bits per heavy atom. The Hall–Kier alpha value is -2.60. The van der Waals surface area contributed by atoms with Gasteiger partial charge in [0.1, 0.15) is 6.61 Å². The highest BCUT2D eigenvalue weighted by Crippen LogP contribution is 2.16. The number of nitrogens with zero attached hydrogens (tertiary/aromatic N) is 2. The van der Waals surface area contributed by atoms with E-state index in [1.165, 1.54) is 11.1 Å². The summed E-state index contributed by atoms with van der Waals surface area (Å²) in [7, 11) is 1.65. The molecule has 2 rings (SSSR count). The zero-order chi connectivity index (χ0) is 20.2. The predicted octanol–water partition coefficient (Wildman–Crippen LogP) is 3.27. The molecule has 0 fully saturated rings. The van der Waals surface area contributed by atoms with Gasteiger partial charge in [-0.1, -0.05) is 42.8 Å². The van der Waals surface area contributed by atoms with Gasteiger partial charge in [-0.05, 0) is 31.4 Å². The van der Waals surface area contributed by atoms with Crippen molar-refractivity contribution in [3.63, 3.8) is 0 Å². The van der Waals surface area contributed by atoms with Gasteiger partial charge in [0.2, 0.25) is 5.88 Å². The van der Waals surface area contributed by atoms with Crippen LogP contribution in [0.5, 0.6) is 5.88 Å². The second-order valence-corrected chi connectivity index (χ2v) is 6.70. The highest BCUT2D eigenvalue weighted by atomic mass is 16.5. The lowest BCUT2D eigenvalue weighted by Gasteiger charge is -2.16. The summed E-state index contributed by atoms with van der Waals surface area (Å²) < 4.78 is 10.7. The highest BCUT2D eigenvalue weighted by Gasteiger charge is 2.08. The summed E-state index contributed by atoms with van der Waals surface area (Å²) in [4.78, 5) is 9.00. The van der Waals surface area contributed by atoms with Gasteiger partial charge in [0, 0.05) is 32.0 Å². The van der Waals surface area contributed by atoms with Crippen molar-refractivity contribution < 1.29 is 9.47 Å². The van der Waals surface area contributed by atoms with Crippen LogP contribution in [0.1, 0.15) is 36.5 Å². The van der Waals surface area contributed by atoms with Gasteiger partial charge in [-0.2, -0.15) is 0 Å². The van der Waals surface area contributed by atoms with Crippen LogP contribution < -0.4 is 15.4 Å². The minimum Gasteiger partial charge on any atom is -0.475 e. The number of hydrogen-bond acceptors (Lipinski definition) is 4. The molecule has 2 aromatic rings. The number of aliphatic imine (C=N–C) groups is 1. The van der Waals surface area contributed by atoms with E-state index >= 15 is 0 Å². The van der Waals surface area contributed by atoms with E-state index in [4.69, 9.17) is 14.5 Å². The van der Waals surface area contributed by atoms with Gasteiger partial charge in [0.15, 0.2) is 5.96 Å². The molecule has 1 unspecified atom stereocenters. The Balaban J connectivity index is 1.97. The van der Waals surface area contributed by atoms with E-state index in [0.717, 1.165) is 24.6 Å². The Kier molecular flexibility index (Phi) is 9.28. The zero-order valence-electron chi connectivity index (χ0n) is 17.4. The molecule has 0 aliphatic rings. The number of methoxy groups -OCH3 is 1. The van der Waals surface area contributed by atoms with Crippen molar-refractivity contribution in [2.24, 2.45) is 4.99 Å². The summed E-state index contributed by atoms with van der Waals surface area (Å²) in [5.41, 5.74) is 3.54. The molecule has 0 bridgehead atoms. The van der Waals surface area contributed by atoms with E-state index in [1.807, 2.05) is 12.1 Å². The van der Waals surface area contributed by atoms with Gasteiger partial charge < -0.3 is 20.1 Å². The van der Waals surface area contributed by atoms with Crippen LogP contribution in [0.4, 0.5) is 0 Å². The maximum atomic E-state index is 5.69. The Bertz CT molecular complexity index is 732. The summed E-state index contributed by atoms with van der Waals surface area (Å²) in [6, 6.07) is 12.6. The molecule has 0 amide bonds. The lowest BCUT2D eigenvalue weighted by atomic mass is 10.0. The number of ether oxygens (including phenoxy) is 2. The van der Waals surface area contributed by atoms with E-state index in [-0.39, 0.29) is 0 Å². The molecular weight excluding hydrogens is 352 g/mol. The van der Waals surface area contributed by atoms with Gasteiger partial charge in [-0.15, -0.1) is 0 Å². The fourth-order valence-corrected chi connectivity index (χ4v) is 2.66. The summed E-state index contributed by atoms with van der Waals surface area (Å²) >= 11 is 0. The molecule has 1 aromatic carbocycles. The maximum absolute atomic E-state index is 5.69. The molecule has 1 atom stereocenters. The second kappa shape index (κ2) is 12.0. The first kappa shape index (κ1) is 21.7. The first-order chi connectivity index (χ1) is 13.6. The maximum Gasteiger partial charge on any atom is 0.218 e. The van der Waals surface area contributed by atoms with Gasteiger partial charge in [-0.3, -0.25) is 0 Å². The van der Waals surface area contributed by atoms with Crippen LogP contribution in [-0.4, -0.2) is 44.4 Å². The third-order valence-electron chi connectivity index (χ3n) is 4.35. The number of benzene rings is 1. The number of rotatable bonds is 10. The zero-order valence-corrected chi connectivity index (χ0v) is 17.4. The van der Waals surface area contributed by atoms with Crippen molar-refractivity contribution >= 4 is 5.96 Å². The van der Waals surface area contributed by atoms with Crippen LogP contribution in [0.25, 0.3) is 0 Å². The average molecular weight is 385 g/mol. The number of aryl methyl sites for hydroxylation is 1. The largest absolute Gasteiger partial charge is 0.475 e. The van der Waals surface area contributed by atoms with Crippen LogP contribution in [0, 0.1) is 6.92 Å². The topological polar surface area (TPSA) is 67.8 Å². The predicted molar refractivity (Wildman–Crippen MR) is 114 cm³/mol. The molecule has 0 aliphatic heterocycles. The van der Waals surface area contributed by atoms with Gasteiger partial charge >= 0.3 is 0 Å². The van der Waals surface area contributed by atoms with Crippen LogP contribution in [-0.2, 0) is 11.3 Å². The van der Waals surface area contributed by atoms with Crippen molar-refractivity contribution in [3.05, 3.63) is 59.3 Å². The number of pyridine rings is 1. The first-order valence-electron chi connectivity index (χ1n) is 9.78. The molecule has 28 heavy (non-hydrogen) atoms. The molecule has 2 N–H and O–H groups in total. The number of guanidine groups is 1. The molecule has 0 radical (unpaired) electrons. The molecule has 6 heteroatoms. The number of nitrogens with one attached hydrogen (secondary N) is 2. The van der Waals surface area contributed by atoms with E-state index < -0.39 is 0 Å². The molecule has 0 aliphatic carbocycles. The fraction of sp³-hybridized carbons (Fsp3) is 0.455. The van der Waals surface area contributed by atoms with Crippen molar-refractivity contribution in [2.45, 2.75) is 33.2 Å². The van der Waals surface area contributed by atoms with Crippen LogP contribution >= 0.6 is 0 Å². The van der Waals surface area contributed by atoms with Crippen LogP contribution in [0.2, 0.25) is 0 Å². The van der Waals surface area contributed by atoms with E-state index in [1.54, 1.807) is 13.3 Å². The molecule has 1 heterocycles. The molecule has 1 aromatic heterocycles. The number of aromatic nitrogens is 1. The van der Waals surface area contributed by atoms with E-state index in [0.29, 0.717) is 31.6 Å². The smallest absolute Gasteiger partial charge is 0.218 e. The normalized spacial score (nSPS) is 12.5. The summed E-state index contributed by atoms with van der Waals surface area (Å²) in [6.45, 7) is 9.47. The fourth-order valence-electron chi connectivity index (χ4n) is 2.66. The summed E-state index contributed by atoms with van der Waals surface area (Å²) in [5, 5.41) is 6.73. The molecule has 0 saturated carbocycles. The summed E-state index contributed by atoms with van der Waals surface area (Å²) in [6.07, 6.45) is 1.72. The van der Waals surface area contributed by atoms with Crippen LogP contribution in [0.15, 0.2) is 47.6 Å². The third kappa shape index (κ3) is 7.19. The summed E-state index contributed by atoms with van der Waals surface area (Å²) in [5.74, 6) is 1.77. The van der Waals surface area contributed by atoms with Gasteiger partial charge in [0.05, 0.1) is 13.2 Å². The van der Waals surface area contributed by atoms with Crippen molar-refractivity contribution in [2.75, 3.05) is 33.4 Å². The van der Waals surface area contributed by atoms with Crippen molar-refractivity contribution in [1.82, 2.24) is 15.6 Å². The van der Waals surface area contributed by atoms with Crippen LogP contribution in [0.3, 0.4) is 0 Å². The molecule has 6 nitrogen and oxygen atoms in total. The molecule has 0 spiro atoms. The lowest BCUT2D eigenvalue weighted by molar-refractivity contribution is 0.143. The Morgan fingerprint density at radius 1 is 1.14 bits per heavy atom. The highest BCUT2D eigenvalue weighted by molar-refractivity contribution is 5.79. The Labute approximate surface area is 168 Å². The SMILES string of the molecule is CCNC(=NCc1cccnc1OCCOC)NCC(C)c1ccc(C)cc1. The molecular formula is C22H32N4O2. The standard InChI is InChI=1S/C22H32N4O2/c1-5-23-22(25-15-18(3)19-10-8-17(2)9-11-19)26-16-20-7-6-12-24-21(20)28-14-13-27-4/h6-12,18H,5,13-16H2,1-4H3,(H2,23,25,26). The monoisotopic (exact) mass is 384 g/mol. The first-order valence-corrected chi connectivity index (χ1v) is 9.78. The molecule has 0 saturated heterocycles. The second-order valence-electron chi connectivity index (χ2n) is 6.70. The van der Waals surface area contributed by atoms with E-state index in [2.05, 4.69) is 60.7 Å². The minimum absolute atomic E-state index is 0.385. The third-order valence-corrected chi connectivity index (χ3v) is 4.35. The Morgan fingerprint density at radius 3 is 2.64 bits per heavy atom. The minimum atomic E-state index is 0.385. The average Bonchev–Trinajstić information content (AvgIpc) is 2.71. The van der Waals surface area contributed by atoms with Gasteiger partial charge in [-0.25, -0.2) is 9.98 Å². The number of hydrogen-bond donors (Lipinski definition) is 2. The van der Waals surface area contributed by atoms with Crippen molar-refractivity contribution in [3.8, 4) is 5.88 Å². The molecule has 152 valence electrons. The van der Waals surface area contributed by atoms with E-state index in [9.17, 15) is 0 Å².